The molecule has 6 heteroatoms. The number of rotatable bonds is 3. The quantitative estimate of drug-likeness (QED) is 0.673. The summed E-state index contributed by atoms with van der Waals surface area (Å²) in [5.41, 5.74) is 2.80. The molecule has 29 heavy (non-hydrogen) atoms. The van der Waals surface area contributed by atoms with Gasteiger partial charge >= 0.3 is 0 Å². The summed E-state index contributed by atoms with van der Waals surface area (Å²) in [6, 6.07) is 13.7. The number of nitrogens with one attached hydrogen (secondary N) is 1. The van der Waals surface area contributed by atoms with E-state index >= 15 is 0 Å². The molecule has 0 spiro atoms. The number of hydrogen-bond acceptors (Lipinski definition) is 3. The summed E-state index contributed by atoms with van der Waals surface area (Å²) in [5.74, 6) is -1.74. The Hall–Kier alpha value is -2.60. The molecule has 4 rings (SSSR count). The van der Waals surface area contributed by atoms with E-state index < -0.39 is 23.6 Å². The molecule has 1 saturated carbocycles. The normalized spacial score (nSPS) is 21.5. The summed E-state index contributed by atoms with van der Waals surface area (Å²) in [6.07, 6.45) is 2.01. The number of allylic oxidation sites excluding steroid dienone is 1. The van der Waals surface area contributed by atoms with Crippen molar-refractivity contribution in [3.8, 4) is 0 Å². The number of anilines is 1. The number of ketones is 1. The predicted molar refractivity (Wildman–Crippen MR) is 114 cm³/mol. The van der Waals surface area contributed by atoms with Gasteiger partial charge in [-0.05, 0) is 49.6 Å². The average Bonchev–Trinajstić information content (AvgIpc) is 2.69. The van der Waals surface area contributed by atoms with Crippen molar-refractivity contribution >= 4 is 39.0 Å². The molecule has 0 saturated heterocycles. The minimum absolute atomic E-state index is 0.101. The van der Waals surface area contributed by atoms with Crippen LogP contribution >= 0.6 is 15.9 Å². The van der Waals surface area contributed by atoms with Gasteiger partial charge in [-0.25, -0.2) is 4.39 Å². The predicted octanol–water partition coefficient (Wildman–Crippen LogP) is 5.41. The summed E-state index contributed by atoms with van der Waals surface area (Å²) >= 11 is 3.49. The Morgan fingerprint density at radius 3 is 2.69 bits per heavy atom. The fourth-order valence-electron chi connectivity index (χ4n) is 4.23. The van der Waals surface area contributed by atoms with Crippen molar-refractivity contribution in [1.29, 1.82) is 0 Å². The molecule has 4 nitrogen and oxygen atoms in total. The summed E-state index contributed by atoms with van der Waals surface area (Å²) in [5, 5.41) is 2.67. The third kappa shape index (κ3) is 3.81. The van der Waals surface area contributed by atoms with Crippen LogP contribution in [0.1, 0.15) is 37.7 Å². The molecule has 0 radical (unpaired) electrons. The van der Waals surface area contributed by atoms with Gasteiger partial charge in [0.25, 0.3) is 5.91 Å². The molecule has 2 aromatic rings. The lowest BCUT2D eigenvalue weighted by Gasteiger charge is -2.36. The van der Waals surface area contributed by atoms with E-state index in [2.05, 4.69) is 26.2 Å². The van der Waals surface area contributed by atoms with Crippen LogP contribution < -0.4 is 5.32 Å². The molecule has 1 N–H and O–H groups in total. The Kier molecular flexibility index (Phi) is 5.46. The van der Waals surface area contributed by atoms with Gasteiger partial charge in [-0.15, -0.1) is 0 Å². The molecule has 1 aliphatic carbocycles. The lowest BCUT2D eigenvalue weighted by molar-refractivity contribution is -0.122. The van der Waals surface area contributed by atoms with Crippen LogP contribution in [-0.4, -0.2) is 17.4 Å². The van der Waals surface area contributed by atoms with Crippen LogP contribution in [0.5, 0.6) is 0 Å². The SMILES string of the molecule is CC1=C(C(=O)Nc2ccccc2F)[C@H](c2cccc(Br)c2)[C@@H]2C(=O)CCCC2=N1. The number of Topliss-reactive ketones (excluding diaryl/α,β-unsaturated/α-hetero) is 1. The Labute approximate surface area is 177 Å². The molecule has 2 aliphatic rings. The summed E-state index contributed by atoms with van der Waals surface area (Å²) in [4.78, 5) is 30.8. The van der Waals surface area contributed by atoms with Gasteiger partial charge in [0.2, 0.25) is 0 Å². The molecule has 1 heterocycles. The summed E-state index contributed by atoms with van der Waals surface area (Å²) in [7, 11) is 0. The van der Waals surface area contributed by atoms with Gasteiger partial charge in [0, 0.05) is 33.8 Å². The molecule has 0 unspecified atom stereocenters. The first-order chi connectivity index (χ1) is 14.0. The van der Waals surface area contributed by atoms with Crippen molar-refractivity contribution in [3.63, 3.8) is 0 Å². The highest BCUT2D eigenvalue weighted by atomic mass is 79.9. The third-order valence-corrected chi connectivity index (χ3v) is 5.98. The molecule has 148 valence electrons. The van der Waals surface area contributed by atoms with E-state index in [1.807, 2.05) is 24.3 Å². The van der Waals surface area contributed by atoms with Crippen molar-refractivity contribution in [2.45, 2.75) is 32.1 Å². The first-order valence-electron chi connectivity index (χ1n) is 9.58. The maximum Gasteiger partial charge on any atom is 0.254 e. The van der Waals surface area contributed by atoms with Crippen molar-refractivity contribution in [2.24, 2.45) is 10.9 Å². The Morgan fingerprint density at radius 2 is 1.93 bits per heavy atom. The fourth-order valence-corrected chi connectivity index (χ4v) is 4.65. The fraction of sp³-hybridized carbons (Fsp3) is 0.261. The van der Waals surface area contributed by atoms with E-state index in [-0.39, 0.29) is 11.5 Å². The lowest BCUT2D eigenvalue weighted by atomic mass is 9.69. The molecule has 2 aromatic carbocycles. The maximum atomic E-state index is 14.1. The zero-order chi connectivity index (χ0) is 20.5. The number of amides is 1. The zero-order valence-corrected chi connectivity index (χ0v) is 17.5. The first-order valence-corrected chi connectivity index (χ1v) is 10.4. The highest BCUT2D eigenvalue weighted by Crippen LogP contribution is 2.43. The maximum absolute atomic E-state index is 14.1. The highest BCUT2D eigenvalue weighted by molar-refractivity contribution is 9.10. The number of benzene rings is 2. The van der Waals surface area contributed by atoms with E-state index in [1.165, 1.54) is 12.1 Å². The topological polar surface area (TPSA) is 58.5 Å². The van der Waals surface area contributed by atoms with Crippen LogP contribution in [0, 0.1) is 11.7 Å². The van der Waals surface area contributed by atoms with E-state index in [4.69, 9.17) is 0 Å². The molecule has 1 aliphatic heterocycles. The second-order valence-corrected chi connectivity index (χ2v) is 8.28. The van der Waals surface area contributed by atoms with E-state index in [0.29, 0.717) is 17.7 Å². The van der Waals surface area contributed by atoms with Crippen LogP contribution in [0.4, 0.5) is 10.1 Å². The minimum atomic E-state index is -0.508. The van der Waals surface area contributed by atoms with Gasteiger partial charge in [-0.3, -0.25) is 14.6 Å². The number of para-hydroxylation sites is 1. The average molecular weight is 455 g/mol. The van der Waals surface area contributed by atoms with Gasteiger partial charge in [0.1, 0.15) is 11.6 Å². The number of fused-ring (bicyclic) bond motifs is 1. The number of carbonyl (C=O) groups is 2. The molecule has 1 fully saturated rings. The molecule has 0 bridgehead atoms. The molecular weight excluding hydrogens is 435 g/mol. The van der Waals surface area contributed by atoms with Crippen LogP contribution in [-0.2, 0) is 9.59 Å². The monoisotopic (exact) mass is 454 g/mol. The molecule has 1 amide bonds. The van der Waals surface area contributed by atoms with Crippen LogP contribution in [0.15, 0.2) is 69.3 Å². The number of nitrogens with zero attached hydrogens (tertiary/aromatic N) is 1. The van der Waals surface area contributed by atoms with Crippen molar-refractivity contribution in [2.75, 3.05) is 5.32 Å². The second kappa shape index (κ2) is 8.03. The van der Waals surface area contributed by atoms with E-state index in [0.717, 1.165) is 28.6 Å². The Bertz CT molecular complexity index is 1060. The smallest absolute Gasteiger partial charge is 0.254 e. The molecule has 0 aromatic heterocycles. The van der Waals surface area contributed by atoms with Gasteiger partial charge in [-0.1, -0.05) is 40.2 Å². The van der Waals surface area contributed by atoms with Gasteiger partial charge in [-0.2, -0.15) is 0 Å². The second-order valence-electron chi connectivity index (χ2n) is 7.37. The van der Waals surface area contributed by atoms with Crippen molar-refractivity contribution in [1.82, 2.24) is 0 Å². The Balaban J connectivity index is 1.81. The van der Waals surface area contributed by atoms with Crippen molar-refractivity contribution < 1.29 is 14.0 Å². The third-order valence-electron chi connectivity index (χ3n) is 5.48. The number of hydrogen-bond donors (Lipinski definition) is 1. The van der Waals surface area contributed by atoms with E-state index in [1.54, 1.807) is 19.1 Å². The molecule has 2 atom stereocenters. The van der Waals surface area contributed by atoms with E-state index in [9.17, 15) is 14.0 Å². The minimum Gasteiger partial charge on any atom is -0.320 e. The Morgan fingerprint density at radius 1 is 1.14 bits per heavy atom. The standard InChI is InChI=1S/C23H20BrFN2O2/c1-13-20(23(29)27-17-9-3-2-8-16(17)25)21(14-6-4-7-15(24)12-14)22-18(26-13)10-5-11-19(22)28/h2-4,6-9,12,21-22H,5,10-11H2,1H3,(H,27,29)/t21-,22-/m0/s1. The number of carbonyl (C=O) groups excluding carboxylic acids is 2. The largest absolute Gasteiger partial charge is 0.320 e. The molecular formula is C23H20BrFN2O2. The van der Waals surface area contributed by atoms with Crippen LogP contribution in [0.3, 0.4) is 0 Å². The first kappa shape index (κ1) is 19.7. The number of halogens is 2. The van der Waals surface area contributed by atoms with Gasteiger partial charge in [0.15, 0.2) is 0 Å². The summed E-state index contributed by atoms with van der Waals surface area (Å²) in [6.45, 7) is 1.78. The highest BCUT2D eigenvalue weighted by Gasteiger charge is 2.43. The summed E-state index contributed by atoms with van der Waals surface area (Å²) < 4.78 is 15.0. The van der Waals surface area contributed by atoms with Crippen LogP contribution in [0.25, 0.3) is 0 Å². The number of aliphatic imine (C=N–C) groups is 1. The lowest BCUT2D eigenvalue weighted by Crippen LogP contribution is -2.39. The van der Waals surface area contributed by atoms with Crippen LogP contribution in [0.2, 0.25) is 0 Å². The zero-order valence-electron chi connectivity index (χ0n) is 15.9. The van der Waals surface area contributed by atoms with Gasteiger partial charge < -0.3 is 5.32 Å². The van der Waals surface area contributed by atoms with Gasteiger partial charge in [0.05, 0.1) is 11.6 Å². The van der Waals surface area contributed by atoms with Crippen molar-refractivity contribution in [3.05, 3.63) is 75.7 Å².